The van der Waals surface area contributed by atoms with Gasteiger partial charge in [0.1, 0.15) is 5.82 Å². The van der Waals surface area contributed by atoms with Gasteiger partial charge in [-0.25, -0.2) is 9.18 Å². The van der Waals surface area contributed by atoms with Crippen molar-refractivity contribution < 1.29 is 14.3 Å². The summed E-state index contributed by atoms with van der Waals surface area (Å²) in [6.07, 6.45) is 2.05. The van der Waals surface area contributed by atoms with Crippen molar-refractivity contribution in [3.8, 4) is 0 Å². The smallest absolute Gasteiger partial charge is 0.337 e. The molecule has 86 valence electrons. The first-order valence-electron chi connectivity index (χ1n) is 5.39. The molecular formula is C12H14FNO2. The molecule has 1 unspecified atom stereocenters. The quantitative estimate of drug-likeness (QED) is 0.837. The average Bonchev–Trinajstić information content (AvgIpc) is 2.63. The number of benzene rings is 1. The van der Waals surface area contributed by atoms with E-state index in [1.165, 1.54) is 18.2 Å². The van der Waals surface area contributed by atoms with Crippen molar-refractivity contribution in [1.29, 1.82) is 0 Å². The largest absolute Gasteiger partial charge is 0.478 e. The molecule has 2 rings (SSSR count). The first-order valence-corrected chi connectivity index (χ1v) is 5.39. The topological polar surface area (TPSA) is 40.5 Å². The van der Waals surface area contributed by atoms with Gasteiger partial charge in [-0.05, 0) is 38.0 Å². The minimum Gasteiger partial charge on any atom is -0.478 e. The van der Waals surface area contributed by atoms with Crippen LogP contribution in [0.3, 0.4) is 0 Å². The second-order valence-corrected chi connectivity index (χ2v) is 4.15. The summed E-state index contributed by atoms with van der Waals surface area (Å²) in [5, 5.41) is 9.05. The van der Waals surface area contributed by atoms with E-state index < -0.39 is 5.97 Å². The third-order valence-electron chi connectivity index (χ3n) is 3.05. The standard InChI is InChI=1S/C12H14FNO2/c1-8-3-2-6-14(8)11-7-9(13)4-5-10(11)12(15)16/h4-5,7-8H,2-3,6H2,1H3,(H,15,16). The van der Waals surface area contributed by atoms with Gasteiger partial charge in [0.15, 0.2) is 0 Å². The van der Waals surface area contributed by atoms with Gasteiger partial charge in [0.05, 0.1) is 11.3 Å². The fourth-order valence-electron chi connectivity index (χ4n) is 2.21. The number of carbonyl (C=O) groups is 1. The van der Waals surface area contributed by atoms with Gasteiger partial charge in [-0.3, -0.25) is 0 Å². The number of nitrogens with zero attached hydrogens (tertiary/aromatic N) is 1. The van der Waals surface area contributed by atoms with E-state index in [4.69, 9.17) is 5.11 Å². The molecule has 0 aliphatic carbocycles. The molecule has 16 heavy (non-hydrogen) atoms. The molecule has 1 aromatic carbocycles. The van der Waals surface area contributed by atoms with Crippen LogP contribution in [0.2, 0.25) is 0 Å². The van der Waals surface area contributed by atoms with Gasteiger partial charge in [-0.2, -0.15) is 0 Å². The number of hydrogen-bond donors (Lipinski definition) is 1. The molecule has 0 bridgehead atoms. The van der Waals surface area contributed by atoms with E-state index in [1.54, 1.807) is 0 Å². The lowest BCUT2D eigenvalue weighted by Gasteiger charge is -2.25. The summed E-state index contributed by atoms with van der Waals surface area (Å²) in [4.78, 5) is 13.0. The Morgan fingerprint density at radius 1 is 1.56 bits per heavy atom. The SMILES string of the molecule is CC1CCCN1c1cc(F)ccc1C(=O)O. The van der Waals surface area contributed by atoms with Crippen molar-refractivity contribution >= 4 is 11.7 Å². The van der Waals surface area contributed by atoms with Crippen LogP contribution in [-0.4, -0.2) is 23.7 Å². The highest BCUT2D eigenvalue weighted by Crippen LogP contribution is 2.29. The fourth-order valence-corrected chi connectivity index (χ4v) is 2.21. The van der Waals surface area contributed by atoms with E-state index in [0.717, 1.165) is 19.4 Å². The number of carboxylic acid groups (broad SMARTS) is 1. The number of halogens is 1. The van der Waals surface area contributed by atoms with Crippen LogP contribution in [0.15, 0.2) is 18.2 Å². The van der Waals surface area contributed by atoms with Crippen LogP contribution >= 0.6 is 0 Å². The molecule has 1 fully saturated rings. The Morgan fingerprint density at radius 2 is 2.31 bits per heavy atom. The van der Waals surface area contributed by atoms with Crippen LogP contribution in [0.1, 0.15) is 30.1 Å². The zero-order valence-corrected chi connectivity index (χ0v) is 9.11. The summed E-state index contributed by atoms with van der Waals surface area (Å²) in [5.41, 5.74) is 0.674. The molecule has 0 amide bonds. The summed E-state index contributed by atoms with van der Waals surface area (Å²) in [6, 6.07) is 4.11. The third kappa shape index (κ3) is 1.87. The fraction of sp³-hybridized carbons (Fsp3) is 0.417. The zero-order valence-electron chi connectivity index (χ0n) is 9.11. The van der Waals surface area contributed by atoms with Crippen molar-refractivity contribution in [3.63, 3.8) is 0 Å². The molecule has 3 nitrogen and oxygen atoms in total. The van der Waals surface area contributed by atoms with Crippen molar-refractivity contribution in [2.45, 2.75) is 25.8 Å². The second kappa shape index (κ2) is 4.12. The number of aromatic carboxylic acids is 1. The number of carboxylic acids is 1. The predicted octanol–water partition coefficient (Wildman–Crippen LogP) is 2.51. The Kier molecular flexibility index (Phi) is 2.81. The molecule has 1 aliphatic rings. The normalized spacial score (nSPS) is 20.1. The Morgan fingerprint density at radius 3 is 2.88 bits per heavy atom. The number of rotatable bonds is 2. The van der Waals surface area contributed by atoms with E-state index in [0.29, 0.717) is 5.69 Å². The zero-order chi connectivity index (χ0) is 11.7. The summed E-state index contributed by atoms with van der Waals surface area (Å²) in [7, 11) is 0. The summed E-state index contributed by atoms with van der Waals surface area (Å²) in [6.45, 7) is 2.83. The predicted molar refractivity (Wildman–Crippen MR) is 59.4 cm³/mol. The van der Waals surface area contributed by atoms with Crippen molar-refractivity contribution in [1.82, 2.24) is 0 Å². The van der Waals surface area contributed by atoms with Crippen LogP contribution in [0, 0.1) is 5.82 Å². The summed E-state index contributed by atoms with van der Waals surface area (Å²) >= 11 is 0. The molecule has 1 N–H and O–H groups in total. The second-order valence-electron chi connectivity index (χ2n) is 4.15. The maximum absolute atomic E-state index is 13.2. The molecule has 1 atom stereocenters. The maximum Gasteiger partial charge on any atom is 0.337 e. The van der Waals surface area contributed by atoms with Crippen LogP contribution in [0.25, 0.3) is 0 Å². The van der Waals surface area contributed by atoms with Crippen LogP contribution in [0.5, 0.6) is 0 Å². The first-order chi connectivity index (χ1) is 7.59. The van der Waals surface area contributed by atoms with Gasteiger partial charge >= 0.3 is 5.97 Å². The lowest BCUT2D eigenvalue weighted by molar-refractivity contribution is 0.0697. The molecule has 1 aromatic rings. The maximum atomic E-state index is 13.2. The lowest BCUT2D eigenvalue weighted by atomic mass is 10.1. The van der Waals surface area contributed by atoms with Crippen LogP contribution in [0.4, 0.5) is 10.1 Å². The Hall–Kier alpha value is -1.58. The van der Waals surface area contributed by atoms with Crippen LogP contribution < -0.4 is 4.90 Å². The minimum atomic E-state index is -1.01. The molecule has 1 heterocycles. The minimum absolute atomic E-state index is 0.176. The van der Waals surface area contributed by atoms with Gasteiger partial charge in [0, 0.05) is 12.6 Å². The molecule has 0 radical (unpaired) electrons. The highest BCUT2D eigenvalue weighted by Gasteiger charge is 2.24. The third-order valence-corrected chi connectivity index (χ3v) is 3.05. The van der Waals surface area contributed by atoms with Crippen LogP contribution in [-0.2, 0) is 0 Å². The van der Waals surface area contributed by atoms with Crippen molar-refractivity contribution in [3.05, 3.63) is 29.6 Å². The summed E-state index contributed by atoms with van der Waals surface area (Å²) < 4.78 is 13.2. The van der Waals surface area contributed by atoms with Gasteiger partial charge in [-0.1, -0.05) is 0 Å². The highest BCUT2D eigenvalue weighted by molar-refractivity contribution is 5.94. The molecule has 1 saturated heterocycles. The molecule has 0 aromatic heterocycles. The van der Waals surface area contributed by atoms with E-state index in [-0.39, 0.29) is 17.4 Å². The molecule has 4 heteroatoms. The monoisotopic (exact) mass is 223 g/mol. The Balaban J connectivity index is 2.44. The van der Waals surface area contributed by atoms with Gasteiger partial charge in [-0.15, -0.1) is 0 Å². The molecule has 0 spiro atoms. The molecule has 0 saturated carbocycles. The van der Waals surface area contributed by atoms with E-state index in [1.807, 2.05) is 11.8 Å². The van der Waals surface area contributed by atoms with E-state index >= 15 is 0 Å². The van der Waals surface area contributed by atoms with E-state index in [2.05, 4.69) is 0 Å². The highest BCUT2D eigenvalue weighted by atomic mass is 19.1. The Bertz CT molecular complexity index is 419. The van der Waals surface area contributed by atoms with Gasteiger partial charge < -0.3 is 10.0 Å². The lowest BCUT2D eigenvalue weighted by Crippen LogP contribution is -2.28. The first kappa shape index (κ1) is 10.9. The molecule has 1 aliphatic heterocycles. The summed E-state index contributed by atoms with van der Waals surface area (Å²) in [5.74, 6) is -1.40. The van der Waals surface area contributed by atoms with E-state index in [9.17, 15) is 9.18 Å². The van der Waals surface area contributed by atoms with Crippen molar-refractivity contribution in [2.24, 2.45) is 0 Å². The Labute approximate surface area is 93.5 Å². The average molecular weight is 223 g/mol. The molecular weight excluding hydrogens is 209 g/mol. The van der Waals surface area contributed by atoms with Gasteiger partial charge in [0.25, 0.3) is 0 Å². The van der Waals surface area contributed by atoms with Gasteiger partial charge in [0.2, 0.25) is 0 Å². The van der Waals surface area contributed by atoms with Crippen molar-refractivity contribution in [2.75, 3.05) is 11.4 Å². The number of hydrogen-bond acceptors (Lipinski definition) is 2. The number of anilines is 1.